The number of amides is 1. The van der Waals surface area contributed by atoms with Gasteiger partial charge in [0.2, 0.25) is 0 Å². The molecule has 2 atom stereocenters. The molecule has 3 rings (SSSR count). The molecular weight excluding hydrogens is 381 g/mol. The van der Waals surface area contributed by atoms with E-state index in [2.05, 4.69) is 21.0 Å². The molecule has 0 bridgehead atoms. The van der Waals surface area contributed by atoms with Crippen molar-refractivity contribution in [2.24, 2.45) is 11.8 Å². The van der Waals surface area contributed by atoms with E-state index in [4.69, 9.17) is 0 Å². The van der Waals surface area contributed by atoms with Gasteiger partial charge in [-0.15, -0.1) is 0 Å². The SMILES string of the molecule is C[C@@H]1CN(C(=O)c2nn(-c3ccc(F)cc3)cc2Br)C[C@H]1C(=O)O. The van der Waals surface area contributed by atoms with Crippen LogP contribution in [0.25, 0.3) is 5.69 Å². The first-order chi connectivity index (χ1) is 11.4. The summed E-state index contributed by atoms with van der Waals surface area (Å²) in [5.74, 6) is -2.24. The molecule has 0 radical (unpaired) electrons. The Kier molecular flexibility index (Phi) is 4.40. The molecule has 1 aliphatic rings. The monoisotopic (exact) mass is 395 g/mol. The molecule has 1 amide bonds. The van der Waals surface area contributed by atoms with E-state index in [1.54, 1.807) is 18.3 Å². The van der Waals surface area contributed by atoms with Crippen molar-refractivity contribution in [2.75, 3.05) is 13.1 Å². The van der Waals surface area contributed by atoms with Crippen LogP contribution < -0.4 is 0 Å². The molecule has 1 aromatic heterocycles. The minimum Gasteiger partial charge on any atom is -0.481 e. The second kappa shape index (κ2) is 6.35. The molecule has 0 unspecified atom stereocenters. The quantitative estimate of drug-likeness (QED) is 0.866. The molecule has 0 saturated carbocycles. The first kappa shape index (κ1) is 16.6. The fourth-order valence-electron chi connectivity index (χ4n) is 2.83. The number of hydrogen-bond donors (Lipinski definition) is 1. The maximum atomic E-state index is 13.0. The van der Waals surface area contributed by atoms with Crippen molar-refractivity contribution in [2.45, 2.75) is 6.92 Å². The zero-order valence-corrected chi connectivity index (χ0v) is 14.4. The number of benzene rings is 1. The predicted octanol–water partition coefficient (Wildman–Crippen LogP) is 2.57. The molecule has 0 aliphatic carbocycles. The third-order valence-electron chi connectivity index (χ3n) is 4.18. The molecule has 24 heavy (non-hydrogen) atoms. The predicted molar refractivity (Wildman–Crippen MR) is 87.4 cm³/mol. The van der Waals surface area contributed by atoms with Crippen LogP contribution in [0.1, 0.15) is 17.4 Å². The van der Waals surface area contributed by atoms with Crippen LogP contribution in [-0.4, -0.2) is 44.8 Å². The Morgan fingerprint density at radius 2 is 1.96 bits per heavy atom. The molecule has 1 aliphatic heterocycles. The van der Waals surface area contributed by atoms with Crippen molar-refractivity contribution in [3.8, 4) is 5.69 Å². The lowest BCUT2D eigenvalue weighted by Crippen LogP contribution is -2.30. The van der Waals surface area contributed by atoms with E-state index >= 15 is 0 Å². The Balaban J connectivity index is 1.84. The number of aliphatic carboxylic acids is 1. The maximum absolute atomic E-state index is 13.0. The summed E-state index contributed by atoms with van der Waals surface area (Å²) >= 11 is 3.31. The van der Waals surface area contributed by atoms with Gasteiger partial charge in [-0.1, -0.05) is 6.92 Å². The van der Waals surface area contributed by atoms with E-state index in [1.165, 1.54) is 21.7 Å². The van der Waals surface area contributed by atoms with Crippen molar-refractivity contribution in [3.05, 3.63) is 46.4 Å². The fourth-order valence-corrected chi connectivity index (χ4v) is 3.27. The molecule has 6 nitrogen and oxygen atoms in total. The van der Waals surface area contributed by atoms with Gasteiger partial charge < -0.3 is 10.0 Å². The van der Waals surface area contributed by atoms with Crippen LogP contribution in [0, 0.1) is 17.7 Å². The van der Waals surface area contributed by atoms with Gasteiger partial charge in [-0.2, -0.15) is 5.10 Å². The summed E-state index contributed by atoms with van der Waals surface area (Å²) in [4.78, 5) is 25.4. The average molecular weight is 396 g/mol. The second-order valence-corrected chi connectivity index (χ2v) is 6.73. The molecule has 8 heteroatoms. The van der Waals surface area contributed by atoms with E-state index in [0.717, 1.165) is 0 Å². The maximum Gasteiger partial charge on any atom is 0.308 e. The van der Waals surface area contributed by atoms with Gasteiger partial charge in [0, 0.05) is 19.3 Å². The summed E-state index contributed by atoms with van der Waals surface area (Å²) < 4.78 is 15.0. The van der Waals surface area contributed by atoms with Crippen molar-refractivity contribution in [1.82, 2.24) is 14.7 Å². The second-order valence-electron chi connectivity index (χ2n) is 5.88. The van der Waals surface area contributed by atoms with E-state index in [-0.39, 0.29) is 29.9 Å². The van der Waals surface area contributed by atoms with Gasteiger partial charge in [0.05, 0.1) is 16.1 Å². The molecule has 1 N–H and O–H groups in total. The summed E-state index contributed by atoms with van der Waals surface area (Å²) in [7, 11) is 0. The summed E-state index contributed by atoms with van der Waals surface area (Å²) in [6.45, 7) is 2.37. The average Bonchev–Trinajstić information content (AvgIpc) is 3.11. The minimum atomic E-state index is -0.895. The van der Waals surface area contributed by atoms with E-state index in [0.29, 0.717) is 16.7 Å². The van der Waals surface area contributed by atoms with Crippen molar-refractivity contribution in [3.63, 3.8) is 0 Å². The van der Waals surface area contributed by atoms with Gasteiger partial charge >= 0.3 is 5.97 Å². The fraction of sp³-hybridized carbons (Fsp3) is 0.312. The Hall–Kier alpha value is -2.22. The number of carboxylic acid groups (broad SMARTS) is 1. The zero-order valence-electron chi connectivity index (χ0n) is 12.8. The summed E-state index contributed by atoms with van der Waals surface area (Å²) in [5, 5.41) is 13.4. The van der Waals surface area contributed by atoms with E-state index in [9.17, 15) is 19.1 Å². The first-order valence-electron chi connectivity index (χ1n) is 7.40. The Labute approximate surface area is 146 Å². The van der Waals surface area contributed by atoms with Crippen LogP contribution >= 0.6 is 15.9 Å². The highest BCUT2D eigenvalue weighted by molar-refractivity contribution is 9.10. The van der Waals surface area contributed by atoms with Crippen LogP contribution in [0.5, 0.6) is 0 Å². The highest BCUT2D eigenvalue weighted by atomic mass is 79.9. The van der Waals surface area contributed by atoms with Gasteiger partial charge in [0.15, 0.2) is 5.69 Å². The van der Waals surface area contributed by atoms with Crippen LogP contribution in [0.4, 0.5) is 4.39 Å². The Bertz CT molecular complexity index is 790. The number of halogens is 2. The Morgan fingerprint density at radius 3 is 2.54 bits per heavy atom. The molecule has 2 heterocycles. The largest absolute Gasteiger partial charge is 0.481 e. The minimum absolute atomic E-state index is 0.107. The molecule has 1 saturated heterocycles. The third-order valence-corrected chi connectivity index (χ3v) is 4.76. The number of rotatable bonds is 3. The summed E-state index contributed by atoms with van der Waals surface area (Å²) in [5.41, 5.74) is 0.826. The lowest BCUT2D eigenvalue weighted by molar-refractivity contribution is -0.142. The lowest BCUT2D eigenvalue weighted by atomic mass is 9.99. The van der Waals surface area contributed by atoms with Gasteiger partial charge in [-0.05, 0) is 46.1 Å². The van der Waals surface area contributed by atoms with Crippen LogP contribution in [0.2, 0.25) is 0 Å². The smallest absolute Gasteiger partial charge is 0.308 e. The standard InChI is InChI=1S/C16H15BrFN3O3/c1-9-6-20(7-12(9)16(23)24)15(22)14-13(17)8-21(19-14)11-4-2-10(18)3-5-11/h2-5,8-9,12H,6-7H2,1H3,(H,23,24)/t9-,12-/m1/s1. The highest BCUT2D eigenvalue weighted by Crippen LogP contribution is 2.27. The number of likely N-dealkylation sites (tertiary alicyclic amines) is 1. The van der Waals surface area contributed by atoms with Gasteiger partial charge in [-0.25, -0.2) is 9.07 Å². The van der Waals surface area contributed by atoms with Gasteiger partial charge in [0.1, 0.15) is 5.82 Å². The number of carbonyl (C=O) groups excluding carboxylic acids is 1. The third kappa shape index (κ3) is 3.06. The van der Waals surface area contributed by atoms with Crippen molar-refractivity contribution in [1.29, 1.82) is 0 Å². The van der Waals surface area contributed by atoms with Gasteiger partial charge in [0.25, 0.3) is 5.91 Å². The van der Waals surface area contributed by atoms with Gasteiger partial charge in [-0.3, -0.25) is 9.59 Å². The van der Waals surface area contributed by atoms with Crippen LogP contribution in [0.15, 0.2) is 34.9 Å². The normalized spacial score (nSPS) is 20.4. The van der Waals surface area contributed by atoms with Crippen molar-refractivity contribution >= 4 is 27.8 Å². The molecule has 126 valence electrons. The molecule has 1 fully saturated rings. The van der Waals surface area contributed by atoms with Crippen molar-refractivity contribution < 1.29 is 19.1 Å². The summed E-state index contributed by atoms with van der Waals surface area (Å²) in [6.07, 6.45) is 1.62. The molecule has 1 aromatic carbocycles. The topological polar surface area (TPSA) is 75.4 Å². The number of hydrogen-bond acceptors (Lipinski definition) is 3. The molecular formula is C16H15BrFN3O3. The van der Waals surface area contributed by atoms with E-state index < -0.39 is 11.9 Å². The molecule has 0 spiro atoms. The highest BCUT2D eigenvalue weighted by Gasteiger charge is 2.38. The van der Waals surface area contributed by atoms with E-state index in [1.807, 2.05) is 6.92 Å². The Morgan fingerprint density at radius 1 is 1.29 bits per heavy atom. The molecule has 2 aromatic rings. The van der Waals surface area contributed by atoms with Crippen LogP contribution in [0.3, 0.4) is 0 Å². The number of nitrogens with zero attached hydrogens (tertiary/aromatic N) is 3. The number of aromatic nitrogens is 2. The van der Waals surface area contributed by atoms with Crippen LogP contribution in [-0.2, 0) is 4.79 Å². The zero-order chi connectivity index (χ0) is 17.4. The first-order valence-corrected chi connectivity index (χ1v) is 8.19. The number of carbonyl (C=O) groups is 2. The summed E-state index contributed by atoms with van der Waals surface area (Å²) in [6, 6.07) is 5.74. The number of carboxylic acids is 1. The lowest BCUT2D eigenvalue weighted by Gasteiger charge is -2.14.